The Hall–Kier alpha value is -1.19. The summed E-state index contributed by atoms with van der Waals surface area (Å²) >= 11 is 1.51. The van der Waals surface area contributed by atoms with Gasteiger partial charge in [0, 0.05) is 15.3 Å². The monoisotopic (exact) mass is 236 g/mol. The second kappa shape index (κ2) is 4.36. The summed E-state index contributed by atoms with van der Waals surface area (Å²) in [5.41, 5.74) is 1.35. The normalized spacial score (nSPS) is 12.8. The van der Waals surface area contributed by atoms with Gasteiger partial charge >= 0.3 is 0 Å². The Kier molecular flexibility index (Phi) is 3.08. The highest BCUT2D eigenvalue weighted by atomic mass is 32.1. The zero-order chi connectivity index (χ0) is 11.7. The fraction of sp³-hybridized carbons (Fsp3) is 0.231. The maximum absolute atomic E-state index is 13.5. The molecular weight excluding hydrogens is 223 g/mol. The van der Waals surface area contributed by atoms with Crippen LogP contribution in [0.1, 0.15) is 27.0 Å². The van der Waals surface area contributed by atoms with Gasteiger partial charge in [-0.25, -0.2) is 4.39 Å². The molecule has 84 valence electrons. The summed E-state index contributed by atoms with van der Waals surface area (Å²) < 4.78 is 13.5. The molecule has 0 aliphatic rings. The molecule has 1 atom stereocenters. The summed E-state index contributed by atoms with van der Waals surface area (Å²) in [6.45, 7) is 3.91. The maximum atomic E-state index is 13.5. The fourth-order valence-electron chi connectivity index (χ4n) is 1.77. The van der Waals surface area contributed by atoms with Crippen molar-refractivity contribution in [2.45, 2.75) is 20.0 Å². The van der Waals surface area contributed by atoms with Gasteiger partial charge in [0.2, 0.25) is 0 Å². The Balaban J connectivity index is 2.43. The van der Waals surface area contributed by atoms with E-state index in [1.807, 2.05) is 19.9 Å². The van der Waals surface area contributed by atoms with Crippen molar-refractivity contribution >= 4 is 11.3 Å². The molecule has 1 heterocycles. The number of rotatable bonds is 2. The molecule has 0 radical (unpaired) electrons. The summed E-state index contributed by atoms with van der Waals surface area (Å²) in [5, 5.41) is 10.1. The summed E-state index contributed by atoms with van der Waals surface area (Å²) in [6, 6.07) is 8.35. The predicted molar refractivity (Wildman–Crippen MR) is 64.3 cm³/mol. The molecule has 0 bridgehead atoms. The van der Waals surface area contributed by atoms with Crippen LogP contribution in [0.25, 0.3) is 0 Å². The highest BCUT2D eigenvalue weighted by Crippen LogP contribution is 2.32. The molecule has 2 rings (SSSR count). The summed E-state index contributed by atoms with van der Waals surface area (Å²) in [6.07, 6.45) is -0.861. The van der Waals surface area contributed by atoms with Gasteiger partial charge in [-0.1, -0.05) is 18.2 Å². The molecule has 0 saturated heterocycles. The van der Waals surface area contributed by atoms with E-state index in [9.17, 15) is 9.50 Å². The molecule has 1 aromatic heterocycles. The lowest BCUT2D eigenvalue weighted by molar-refractivity contribution is 0.218. The summed E-state index contributed by atoms with van der Waals surface area (Å²) in [5.74, 6) is -0.361. The first-order valence-corrected chi connectivity index (χ1v) is 5.90. The molecule has 0 saturated carbocycles. The first-order chi connectivity index (χ1) is 7.59. The standard InChI is InChI=1S/C13H13FOS/c1-8-7-9(2)16-13(8)12(15)10-5-3-4-6-11(10)14/h3-7,12,15H,1-2H3. The zero-order valence-corrected chi connectivity index (χ0v) is 10.0. The van der Waals surface area contributed by atoms with E-state index in [0.717, 1.165) is 15.3 Å². The minimum absolute atomic E-state index is 0.340. The average Bonchev–Trinajstić information content (AvgIpc) is 2.58. The molecule has 0 fully saturated rings. The maximum Gasteiger partial charge on any atom is 0.129 e. The van der Waals surface area contributed by atoms with Crippen LogP contribution in [0.15, 0.2) is 30.3 Å². The highest BCUT2D eigenvalue weighted by Gasteiger charge is 2.18. The van der Waals surface area contributed by atoms with E-state index >= 15 is 0 Å². The molecule has 0 amide bonds. The Morgan fingerprint density at radius 1 is 1.25 bits per heavy atom. The molecule has 1 unspecified atom stereocenters. The van der Waals surface area contributed by atoms with Crippen molar-refractivity contribution in [2.75, 3.05) is 0 Å². The number of benzene rings is 1. The number of aryl methyl sites for hydroxylation is 2. The largest absolute Gasteiger partial charge is 0.383 e. The minimum Gasteiger partial charge on any atom is -0.383 e. The van der Waals surface area contributed by atoms with E-state index in [-0.39, 0.29) is 5.82 Å². The van der Waals surface area contributed by atoms with E-state index in [4.69, 9.17) is 0 Å². The highest BCUT2D eigenvalue weighted by molar-refractivity contribution is 7.12. The lowest BCUT2D eigenvalue weighted by Gasteiger charge is -2.11. The van der Waals surface area contributed by atoms with Crippen molar-refractivity contribution in [3.63, 3.8) is 0 Å². The van der Waals surface area contributed by atoms with E-state index in [0.29, 0.717) is 5.56 Å². The molecule has 0 aliphatic carbocycles. The SMILES string of the molecule is Cc1cc(C)c(C(O)c2ccccc2F)s1. The minimum atomic E-state index is -0.861. The Labute approximate surface area is 98.2 Å². The number of halogens is 1. The third-order valence-electron chi connectivity index (χ3n) is 2.53. The number of aliphatic hydroxyl groups excluding tert-OH is 1. The Morgan fingerprint density at radius 3 is 2.50 bits per heavy atom. The van der Waals surface area contributed by atoms with Gasteiger partial charge in [-0.2, -0.15) is 0 Å². The van der Waals surface area contributed by atoms with Crippen LogP contribution in [-0.4, -0.2) is 5.11 Å². The third kappa shape index (κ3) is 2.01. The van der Waals surface area contributed by atoms with Gasteiger partial charge in [0.05, 0.1) is 0 Å². The number of aliphatic hydroxyl groups is 1. The summed E-state index contributed by atoms with van der Waals surface area (Å²) in [7, 11) is 0. The quantitative estimate of drug-likeness (QED) is 0.845. The smallest absolute Gasteiger partial charge is 0.129 e. The van der Waals surface area contributed by atoms with Crippen LogP contribution in [-0.2, 0) is 0 Å². The van der Waals surface area contributed by atoms with Crippen molar-refractivity contribution < 1.29 is 9.50 Å². The Morgan fingerprint density at radius 2 is 1.94 bits per heavy atom. The van der Waals surface area contributed by atoms with Crippen LogP contribution in [0, 0.1) is 19.7 Å². The molecule has 0 aliphatic heterocycles. The third-order valence-corrected chi connectivity index (χ3v) is 3.73. The van der Waals surface area contributed by atoms with E-state index in [2.05, 4.69) is 0 Å². The van der Waals surface area contributed by atoms with Gasteiger partial charge in [0.25, 0.3) is 0 Å². The van der Waals surface area contributed by atoms with Gasteiger partial charge in [0.15, 0.2) is 0 Å². The second-order valence-electron chi connectivity index (χ2n) is 3.83. The van der Waals surface area contributed by atoms with Crippen molar-refractivity contribution in [3.8, 4) is 0 Å². The lowest BCUT2D eigenvalue weighted by atomic mass is 10.1. The molecule has 1 nitrogen and oxygen atoms in total. The van der Waals surface area contributed by atoms with Gasteiger partial charge in [-0.15, -0.1) is 11.3 Å². The van der Waals surface area contributed by atoms with E-state index in [1.165, 1.54) is 17.4 Å². The Bertz CT molecular complexity index is 504. The van der Waals surface area contributed by atoms with Crippen LogP contribution in [0.5, 0.6) is 0 Å². The van der Waals surface area contributed by atoms with Crippen LogP contribution in [0.4, 0.5) is 4.39 Å². The first-order valence-electron chi connectivity index (χ1n) is 5.09. The van der Waals surface area contributed by atoms with Crippen molar-refractivity contribution in [3.05, 3.63) is 57.0 Å². The first kappa shape index (κ1) is 11.3. The van der Waals surface area contributed by atoms with Crippen LogP contribution >= 0.6 is 11.3 Å². The van der Waals surface area contributed by atoms with Crippen molar-refractivity contribution in [2.24, 2.45) is 0 Å². The van der Waals surface area contributed by atoms with Crippen molar-refractivity contribution in [1.29, 1.82) is 0 Å². The van der Waals surface area contributed by atoms with Gasteiger partial charge in [-0.3, -0.25) is 0 Å². The van der Waals surface area contributed by atoms with Crippen LogP contribution in [0.3, 0.4) is 0 Å². The molecule has 2 aromatic rings. The van der Waals surface area contributed by atoms with Crippen LogP contribution in [0.2, 0.25) is 0 Å². The lowest BCUT2D eigenvalue weighted by Crippen LogP contribution is -2.01. The topological polar surface area (TPSA) is 20.2 Å². The summed E-state index contributed by atoms with van der Waals surface area (Å²) in [4.78, 5) is 1.95. The molecule has 1 N–H and O–H groups in total. The average molecular weight is 236 g/mol. The molecule has 0 spiro atoms. The van der Waals surface area contributed by atoms with Gasteiger partial charge in [-0.05, 0) is 31.5 Å². The molecule has 1 aromatic carbocycles. The van der Waals surface area contributed by atoms with E-state index in [1.54, 1.807) is 18.2 Å². The zero-order valence-electron chi connectivity index (χ0n) is 9.20. The molecule has 16 heavy (non-hydrogen) atoms. The molecular formula is C13H13FOS. The molecule has 3 heteroatoms. The number of thiophene rings is 1. The second-order valence-corrected chi connectivity index (χ2v) is 5.12. The number of hydrogen-bond donors (Lipinski definition) is 1. The van der Waals surface area contributed by atoms with Gasteiger partial charge < -0.3 is 5.11 Å². The van der Waals surface area contributed by atoms with Crippen molar-refractivity contribution in [1.82, 2.24) is 0 Å². The number of hydrogen-bond acceptors (Lipinski definition) is 2. The fourth-order valence-corrected chi connectivity index (χ4v) is 2.81. The van der Waals surface area contributed by atoms with Crippen LogP contribution < -0.4 is 0 Å². The van der Waals surface area contributed by atoms with E-state index < -0.39 is 6.10 Å². The predicted octanol–water partition coefficient (Wildman–Crippen LogP) is 3.59. The van der Waals surface area contributed by atoms with Gasteiger partial charge in [0.1, 0.15) is 11.9 Å².